The van der Waals surface area contributed by atoms with Crippen molar-refractivity contribution in [1.82, 2.24) is 19.6 Å². The predicted octanol–water partition coefficient (Wildman–Crippen LogP) is 3.32. The maximum absolute atomic E-state index is 14.3. The van der Waals surface area contributed by atoms with Crippen molar-refractivity contribution in [2.45, 2.75) is 55.7 Å². The molecule has 2 amide bonds. The zero-order valence-corrected chi connectivity index (χ0v) is 28.1. The van der Waals surface area contributed by atoms with Gasteiger partial charge in [0.2, 0.25) is 15.9 Å². The Labute approximate surface area is 282 Å². The van der Waals surface area contributed by atoms with E-state index in [1.807, 2.05) is 30.3 Å². The molecule has 4 heterocycles. The minimum Gasteiger partial charge on any atom is -0.443 e. The highest BCUT2D eigenvalue weighted by molar-refractivity contribution is 7.89. The third kappa shape index (κ3) is 7.66. The fourth-order valence-electron chi connectivity index (χ4n) is 5.76. The summed E-state index contributed by atoms with van der Waals surface area (Å²) in [4.78, 5) is 35.3. The number of pyridine rings is 1. The van der Waals surface area contributed by atoms with E-state index in [-0.39, 0.29) is 42.8 Å². The monoisotopic (exact) mass is 695 g/mol. The topological polar surface area (TPSA) is 160 Å². The molecule has 254 valence electrons. The van der Waals surface area contributed by atoms with Gasteiger partial charge >= 0.3 is 6.09 Å². The molecule has 6 rings (SSSR count). The lowest BCUT2D eigenvalue weighted by molar-refractivity contribution is -0.116. The maximum atomic E-state index is 14.3. The molecule has 2 N–H and O–H groups in total. The van der Waals surface area contributed by atoms with Crippen LogP contribution in [-0.4, -0.2) is 91.1 Å². The normalized spacial score (nSPS) is 20.4. The molecular formula is C33H37N5O8S2. The van der Waals surface area contributed by atoms with Crippen molar-refractivity contribution in [3.05, 3.63) is 84.2 Å². The number of sulfonamides is 1. The molecule has 13 nitrogen and oxygen atoms in total. The standard InChI is InChI=1S/C33H37N5O8S2/c1-21(39)37(2)32-35-26-12-11-24(17-30(26)47-32)48(42,43)38(18-23-10-6-7-14-34-23)19-28(40)27(16-22-8-4-3-5-9-22)36-33(41)46-29-20-45-31-25(29)13-15-44-31/h3-12,14,17,25,27-29,31,40H,13,15-16,18-20H2,1-2H3,(H,36,41). The van der Waals surface area contributed by atoms with Gasteiger partial charge in [-0.2, -0.15) is 4.31 Å². The number of ether oxygens (including phenoxy) is 3. The summed E-state index contributed by atoms with van der Waals surface area (Å²) in [6.45, 7) is 1.66. The van der Waals surface area contributed by atoms with Gasteiger partial charge in [-0.25, -0.2) is 18.2 Å². The van der Waals surface area contributed by atoms with Gasteiger partial charge in [0.05, 0.1) is 58.6 Å². The summed E-state index contributed by atoms with van der Waals surface area (Å²) in [5.74, 6) is -0.268. The molecule has 0 bridgehead atoms. The smallest absolute Gasteiger partial charge is 0.407 e. The van der Waals surface area contributed by atoms with Gasteiger partial charge in [-0.15, -0.1) is 0 Å². The first-order chi connectivity index (χ1) is 23.1. The number of nitrogens with one attached hydrogen (secondary N) is 1. The second-order valence-electron chi connectivity index (χ2n) is 11.8. The van der Waals surface area contributed by atoms with Crippen LogP contribution < -0.4 is 10.2 Å². The maximum Gasteiger partial charge on any atom is 0.407 e. The molecule has 2 aromatic heterocycles. The van der Waals surface area contributed by atoms with Gasteiger partial charge < -0.3 is 24.6 Å². The van der Waals surface area contributed by atoms with Crippen molar-refractivity contribution in [1.29, 1.82) is 0 Å². The second kappa shape index (κ2) is 14.6. The third-order valence-electron chi connectivity index (χ3n) is 8.51. The summed E-state index contributed by atoms with van der Waals surface area (Å²) < 4.78 is 47.1. The molecule has 2 aromatic carbocycles. The van der Waals surface area contributed by atoms with Crippen LogP contribution in [0.4, 0.5) is 9.93 Å². The van der Waals surface area contributed by atoms with Gasteiger partial charge in [-0.05, 0) is 48.7 Å². The Morgan fingerprint density at radius 1 is 1.12 bits per heavy atom. The average Bonchev–Trinajstić information content (AvgIpc) is 3.82. The first-order valence-electron chi connectivity index (χ1n) is 15.6. The van der Waals surface area contributed by atoms with Gasteiger partial charge in [0.15, 0.2) is 11.4 Å². The first-order valence-corrected chi connectivity index (χ1v) is 17.8. The first kappa shape index (κ1) is 33.9. The van der Waals surface area contributed by atoms with Crippen LogP contribution in [0.5, 0.6) is 0 Å². The van der Waals surface area contributed by atoms with Crippen molar-refractivity contribution >= 4 is 48.7 Å². The molecule has 0 saturated carbocycles. The Morgan fingerprint density at radius 2 is 1.92 bits per heavy atom. The van der Waals surface area contributed by atoms with Crippen LogP contribution in [0.25, 0.3) is 10.2 Å². The lowest BCUT2D eigenvalue weighted by atomic mass is 10.0. The summed E-state index contributed by atoms with van der Waals surface area (Å²) in [5, 5.41) is 14.9. The van der Waals surface area contributed by atoms with E-state index in [1.165, 1.54) is 35.3 Å². The predicted molar refractivity (Wildman–Crippen MR) is 178 cm³/mol. The number of amides is 2. The molecule has 2 aliphatic rings. The van der Waals surface area contributed by atoms with E-state index in [0.717, 1.165) is 9.87 Å². The van der Waals surface area contributed by atoms with E-state index >= 15 is 0 Å². The number of anilines is 1. The number of carbonyl (C=O) groups is 2. The lowest BCUT2D eigenvalue weighted by Crippen LogP contribution is -2.51. The number of benzene rings is 2. The second-order valence-corrected chi connectivity index (χ2v) is 14.7. The summed E-state index contributed by atoms with van der Waals surface area (Å²) in [5.41, 5.74) is 1.85. The molecule has 4 aromatic rings. The average molecular weight is 696 g/mol. The fourth-order valence-corrected chi connectivity index (χ4v) is 8.30. The molecule has 2 saturated heterocycles. The van der Waals surface area contributed by atoms with Gasteiger partial charge in [-0.1, -0.05) is 47.7 Å². The van der Waals surface area contributed by atoms with Crippen LogP contribution in [-0.2, 0) is 42.0 Å². The quantitative estimate of drug-likeness (QED) is 0.225. The van der Waals surface area contributed by atoms with Crippen molar-refractivity contribution in [2.24, 2.45) is 5.92 Å². The summed E-state index contributed by atoms with van der Waals surface area (Å²) in [6, 6.07) is 18.1. The third-order valence-corrected chi connectivity index (χ3v) is 11.4. The molecule has 15 heteroatoms. The molecule has 2 aliphatic heterocycles. The van der Waals surface area contributed by atoms with Crippen LogP contribution in [0, 0.1) is 5.92 Å². The van der Waals surface area contributed by atoms with Gasteiger partial charge in [0.25, 0.3) is 0 Å². The Bertz CT molecular complexity index is 1840. The van der Waals surface area contributed by atoms with Crippen LogP contribution in [0.2, 0.25) is 0 Å². The van der Waals surface area contributed by atoms with E-state index < -0.39 is 40.7 Å². The van der Waals surface area contributed by atoms with Gasteiger partial charge in [0, 0.05) is 26.7 Å². The van der Waals surface area contributed by atoms with Crippen LogP contribution >= 0.6 is 11.3 Å². The Morgan fingerprint density at radius 3 is 2.67 bits per heavy atom. The van der Waals surface area contributed by atoms with E-state index in [0.29, 0.717) is 34.1 Å². The SMILES string of the molecule is CC(=O)N(C)c1nc2ccc(S(=O)(=O)N(Cc3ccccn3)CC(O)C(Cc3ccccc3)NC(=O)OC3COC4OCCC34)cc2s1. The van der Waals surface area contributed by atoms with Crippen molar-refractivity contribution in [3.63, 3.8) is 0 Å². The molecule has 0 spiro atoms. The zero-order valence-electron chi connectivity index (χ0n) is 26.5. The van der Waals surface area contributed by atoms with Crippen LogP contribution in [0.3, 0.4) is 0 Å². The lowest BCUT2D eigenvalue weighted by Gasteiger charge is -2.30. The molecule has 0 aliphatic carbocycles. The number of carbonyl (C=O) groups excluding carboxylic acids is 2. The highest BCUT2D eigenvalue weighted by Gasteiger charge is 2.44. The Hall–Kier alpha value is -3.99. The minimum atomic E-state index is -4.22. The number of aliphatic hydroxyl groups is 1. The van der Waals surface area contributed by atoms with Crippen molar-refractivity contribution < 1.29 is 37.3 Å². The molecule has 0 radical (unpaired) electrons. The fraction of sp³-hybridized carbons (Fsp3) is 0.394. The number of nitrogens with zero attached hydrogens (tertiary/aromatic N) is 4. The van der Waals surface area contributed by atoms with Crippen LogP contribution in [0.15, 0.2) is 77.8 Å². The van der Waals surface area contributed by atoms with E-state index in [2.05, 4.69) is 15.3 Å². The number of hydrogen-bond acceptors (Lipinski definition) is 11. The summed E-state index contributed by atoms with van der Waals surface area (Å²) in [7, 11) is -2.62. The summed E-state index contributed by atoms with van der Waals surface area (Å²) in [6.07, 6.45) is -0.491. The molecule has 5 atom stereocenters. The highest BCUT2D eigenvalue weighted by atomic mass is 32.2. The minimum absolute atomic E-state index is 0.0136. The molecular weight excluding hydrogens is 659 g/mol. The number of fused-ring (bicyclic) bond motifs is 2. The van der Waals surface area contributed by atoms with Crippen molar-refractivity contribution in [3.8, 4) is 0 Å². The summed E-state index contributed by atoms with van der Waals surface area (Å²) >= 11 is 1.20. The largest absolute Gasteiger partial charge is 0.443 e. The van der Waals surface area contributed by atoms with Gasteiger partial charge in [-0.3, -0.25) is 14.7 Å². The van der Waals surface area contributed by atoms with Crippen molar-refractivity contribution in [2.75, 3.05) is 31.7 Å². The number of hydrogen-bond donors (Lipinski definition) is 2. The Kier molecular flexibility index (Phi) is 10.3. The Balaban J connectivity index is 1.26. The molecule has 5 unspecified atom stereocenters. The highest BCUT2D eigenvalue weighted by Crippen LogP contribution is 2.33. The van der Waals surface area contributed by atoms with E-state index in [1.54, 1.807) is 37.5 Å². The number of alkyl carbamates (subject to hydrolysis) is 1. The number of rotatable bonds is 12. The number of aliphatic hydroxyl groups excluding tert-OH is 1. The zero-order chi connectivity index (χ0) is 33.8. The van der Waals surface area contributed by atoms with E-state index in [9.17, 15) is 23.1 Å². The molecule has 2 fully saturated rings. The van der Waals surface area contributed by atoms with Gasteiger partial charge in [0.1, 0.15) is 6.10 Å². The number of aromatic nitrogens is 2. The van der Waals surface area contributed by atoms with E-state index in [4.69, 9.17) is 14.2 Å². The van der Waals surface area contributed by atoms with Crippen LogP contribution in [0.1, 0.15) is 24.6 Å². The number of thiazole rings is 1. The molecule has 48 heavy (non-hydrogen) atoms.